The van der Waals surface area contributed by atoms with Crippen molar-refractivity contribution in [1.29, 1.82) is 5.26 Å². The number of fused-ring (bicyclic) bond motifs is 4. The summed E-state index contributed by atoms with van der Waals surface area (Å²) in [5, 5.41) is 11.7. The van der Waals surface area contributed by atoms with Gasteiger partial charge in [0.1, 0.15) is 5.82 Å². The molecule has 8 aromatic rings. The Bertz CT molecular complexity index is 3090. The largest absolute Gasteiger partial charge is 0.509 e. The zero-order valence-electron chi connectivity index (χ0n) is 39.2. The van der Waals surface area contributed by atoms with E-state index in [2.05, 4.69) is 206 Å². The number of anilines is 4. The van der Waals surface area contributed by atoms with E-state index in [0.29, 0.717) is 17.1 Å². The van der Waals surface area contributed by atoms with Crippen LogP contribution in [0.1, 0.15) is 110 Å². The fourth-order valence-corrected chi connectivity index (χ4v) is 8.79. The Kier molecular flexibility index (Phi) is 11.7. The molecule has 6 nitrogen and oxygen atoms in total. The summed E-state index contributed by atoms with van der Waals surface area (Å²) in [5.74, 6) is 1.89. The molecule has 0 atom stereocenters. The molecule has 0 bridgehead atoms. The molecule has 0 N–H and O–H groups in total. The number of benzene rings is 6. The first-order chi connectivity index (χ1) is 30.3. The summed E-state index contributed by atoms with van der Waals surface area (Å²) in [7, 11) is 0. The van der Waals surface area contributed by atoms with Crippen molar-refractivity contribution < 1.29 is 25.8 Å². The van der Waals surface area contributed by atoms with Crippen LogP contribution in [-0.2, 0) is 42.7 Å². The molecular weight excluding hydrogens is 978 g/mol. The molecule has 2 aromatic heterocycles. The molecule has 0 fully saturated rings. The van der Waals surface area contributed by atoms with Crippen LogP contribution < -0.4 is 14.5 Å². The van der Waals surface area contributed by atoms with Crippen LogP contribution >= 0.6 is 0 Å². The van der Waals surface area contributed by atoms with Gasteiger partial charge in [0.15, 0.2) is 0 Å². The molecule has 7 heteroatoms. The minimum absolute atomic E-state index is 0. The van der Waals surface area contributed by atoms with E-state index in [1.807, 2.05) is 42.6 Å². The minimum atomic E-state index is -0.311. The molecule has 9 rings (SSSR count). The van der Waals surface area contributed by atoms with Crippen molar-refractivity contribution in [3.05, 3.63) is 186 Å². The Morgan fingerprint density at radius 2 is 1.28 bits per heavy atom. The van der Waals surface area contributed by atoms with Gasteiger partial charge in [-0.2, -0.15) is 17.4 Å². The topological polar surface area (TPSA) is 57.3 Å². The zero-order valence-corrected chi connectivity index (χ0v) is 41.5. The molecule has 0 saturated carbocycles. The smallest absolute Gasteiger partial charge is 0.135 e. The third kappa shape index (κ3) is 8.48. The Balaban J connectivity index is 0.00000576. The average molecular weight is 1030 g/mol. The van der Waals surface area contributed by atoms with E-state index in [1.54, 1.807) is 0 Å². The molecule has 6 aromatic carbocycles. The van der Waals surface area contributed by atoms with Crippen LogP contribution in [0, 0.1) is 30.1 Å². The number of para-hydroxylation sites is 1. The van der Waals surface area contributed by atoms with E-state index in [1.165, 1.54) is 27.8 Å². The predicted octanol–water partition coefficient (Wildman–Crippen LogP) is 15.1. The van der Waals surface area contributed by atoms with Gasteiger partial charge in [0, 0.05) is 66.8 Å². The number of pyridine rings is 1. The van der Waals surface area contributed by atoms with Gasteiger partial charge in [0.05, 0.1) is 11.6 Å². The van der Waals surface area contributed by atoms with Gasteiger partial charge in [-0.1, -0.05) is 130 Å². The van der Waals surface area contributed by atoms with Gasteiger partial charge in [-0.3, -0.25) is 0 Å². The summed E-state index contributed by atoms with van der Waals surface area (Å²) in [6, 6.07) is 54.1. The van der Waals surface area contributed by atoms with Crippen molar-refractivity contribution in [2.45, 2.75) is 97.8 Å². The number of ether oxygens (including phenoxy) is 1. The van der Waals surface area contributed by atoms with Gasteiger partial charge in [-0.25, -0.2) is 4.98 Å². The molecule has 332 valence electrons. The molecule has 0 saturated heterocycles. The second-order valence-electron chi connectivity index (χ2n) is 20.7. The third-order valence-corrected chi connectivity index (χ3v) is 12.7. The second-order valence-corrected chi connectivity index (χ2v) is 20.7. The summed E-state index contributed by atoms with van der Waals surface area (Å²) in [6.45, 7) is 27.2. The van der Waals surface area contributed by atoms with E-state index in [9.17, 15) is 5.26 Å². The normalized spacial score (nSPS) is 13.2. The van der Waals surface area contributed by atoms with Crippen molar-refractivity contribution in [3.63, 3.8) is 0 Å². The quantitative estimate of drug-likeness (QED) is 0.149. The number of nitriles is 1. The van der Waals surface area contributed by atoms with Crippen molar-refractivity contribution in [1.82, 2.24) is 9.55 Å². The monoisotopic (exact) mass is 1030 g/mol. The maximum Gasteiger partial charge on any atom is 0.135 e. The Morgan fingerprint density at radius 3 is 1.95 bits per heavy atom. The fourth-order valence-electron chi connectivity index (χ4n) is 8.79. The fraction of sp³-hybridized carbons (Fsp3) is 0.259. The summed E-state index contributed by atoms with van der Waals surface area (Å²) in [4.78, 5) is 9.46. The van der Waals surface area contributed by atoms with Crippen LogP contribution in [0.2, 0.25) is 0 Å². The van der Waals surface area contributed by atoms with Crippen molar-refractivity contribution in [3.8, 4) is 23.4 Å². The van der Waals surface area contributed by atoms with Gasteiger partial charge < -0.3 is 19.1 Å². The number of rotatable bonds is 7. The Hall–Kier alpha value is -6.15. The van der Waals surface area contributed by atoms with E-state index in [0.717, 1.165) is 50.4 Å². The van der Waals surface area contributed by atoms with Crippen molar-refractivity contribution in [2.24, 2.45) is 0 Å². The average Bonchev–Trinajstić information content (AvgIpc) is 3.81. The first kappa shape index (κ1) is 45.4. The van der Waals surface area contributed by atoms with E-state index in [4.69, 9.17) is 9.72 Å². The van der Waals surface area contributed by atoms with Crippen LogP contribution in [0.15, 0.2) is 134 Å². The molecular formula is C58H56N5OPt-3. The molecule has 0 radical (unpaired) electrons. The maximum absolute atomic E-state index is 9.82. The number of hydrogen-bond acceptors (Lipinski definition) is 5. The zero-order chi connectivity index (χ0) is 45.3. The Morgan fingerprint density at radius 1 is 0.600 bits per heavy atom. The molecule has 3 heterocycles. The van der Waals surface area contributed by atoms with Crippen molar-refractivity contribution >= 4 is 44.6 Å². The standard InChI is InChI=1S/C58H56N5O.Pt/c1-55(2,3)40-27-28-60-53(33-40)63-50-26-23-38(36-59)29-48(50)47-25-24-46(35-52(47)63)64-45-20-15-19-43(34-45)61-37-62(44-31-41(56(4,5)6)30-42(32-44)57(7,8)9)54-49(21-16-22-51(54)61)58(10,11)39-17-13-12-14-18-39;/h12-33,37H,1-11H3;/q-3;. The summed E-state index contributed by atoms with van der Waals surface area (Å²) >= 11 is 0. The first-order valence-corrected chi connectivity index (χ1v) is 22.2. The van der Waals surface area contributed by atoms with Crippen LogP contribution in [0.5, 0.6) is 11.5 Å². The molecule has 1 aliphatic rings. The minimum Gasteiger partial charge on any atom is -0.509 e. The van der Waals surface area contributed by atoms with Crippen LogP contribution in [0.4, 0.5) is 22.7 Å². The van der Waals surface area contributed by atoms with Crippen molar-refractivity contribution in [2.75, 3.05) is 9.80 Å². The number of aromatic nitrogens is 2. The van der Waals surface area contributed by atoms with Crippen LogP contribution in [0.25, 0.3) is 27.6 Å². The third-order valence-electron chi connectivity index (χ3n) is 12.7. The maximum atomic E-state index is 9.82. The summed E-state index contributed by atoms with van der Waals surface area (Å²) in [6.07, 6.45) is 1.86. The first-order valence-electron chi connectivity index (χ1n) is 22.2. The number of nitrogens with zero attached hydrogens (tertiary/aromatic N) is 5. The van der Waals surface area contributed by atoms with Gasteiger partial charge in [0.25, 0.3) is 0 Å². The van der Waals surface area contributed by atoms with Gasteiger partial charge in [0.2, 0.25) is 0 Å². The van der Waals surface area contributed by atoms with Crippen LogP contribution in [0.3, 0.4) is 0 Å². The van der Waals surface area contributed by atoms with Gasteiger partial charge in [-0.15, -0.1) is 48.1 Å². The Labute approximate surface area is 399 Å². The molecule has 0 amide bonds. The van der Waals surface area contributed by atoms with E-state index in [-0.39, 0.29) is 42.7 Å². The van der Waals surface area contributed by atoms with Crippen LogP contribution in [-0.4, -0.2) is 9.55 Å². The predicted molar refractivity (Wildman–Crippen MR) is 264 cm³/mol. The van der Waals surface area contributed by atoms with E-state index < -0.39 is 0 Å². The molecule has 65 heavy (non-hydrogen) atoms. The van der Waals surface area contributed by atoms with Gasteiger partial charge >= 0.3 is 0 Å². The molecule has 0 spiro atoms. The number of hydrogen-bond donors (Lipinski definition) is 0. The second kappa shape index (κ2) is 16.7. The molecule has 1 aliphatic heterocycles. The summed E-state index contributed by atoms with van der Waals surface area (Å²) in [5.41, 5.74) is 12.3. The molecule has 0 unspecified atom stereocenters. The van der Waals surface area contributed by atoms with Gasteiger partial charge in [-0.05, 0) is 98.0 Å². The summed E-state index contributed by atoms with van der Waals surface area (Å²) < 4.78 is 8.80. The van der Waals surface area contributed by atoms with E-state index >= 15 is 0 Å². The molecule has 0 aliphatic carbocycles. The SMILES string of the molecule is CC(C)(C)c1cc(N2[CH-]N(c3[c-]c(Oc4[c-]c5c(cc4)c4cc(C#N)ccc4n5-c4cc(C(C)(C)C)ccn4)ccc3)c3cccc(C(C)(C)c4ccccc4)c32)cc(C(C)(C)C)c1.[Pt].